The molecule has 0 aromatic heterocycles. The molecule has 1 aliphatic carbocycles. The number of hydrogen-bond donors (Lipinski definition) is 1. The molecule has 2 aliphatic rings. The number of allylic oxidation sites excluding steroid dienone is 3. The Balaban J connectivity index is 1.96. The predicted molar refractivity (Wildman–Crippen MR) is 87.1 cm³/mol. The largest absolute Gasteiger partial charge is 0.351 e. The van der Waals surface area contributed by atoms with Crippen LogP contribution in [0, 0.1) is 11.3 Å². The molecule has 2 N–H and O–H groups in total. The quantitative estimate of drug-likeness (QED) is 0.794. The van der Waals surface area contributed by atoms with Crippen molar-refractivity contribution in [3.05, 3.63) is 23.8 Å². The molecule has 5 heteroatoms. The van der Waals surface area contributed by atoms with Gasteiger partial charge in [0.2, 0.25) is 5.91 Å². The fourth-order valence-electron chi connectivity index (χ4n) is 3.04. The molecule has 1 atom stereocenters. The van der Waals surface area contributed by atoms with Crippen LogP contribution in [0.25, 0.3) is 0 Å². The van der Waals surface area contributed by atoms with E-state index in [9.17, 15) is 9.59 Å². The molecule has 122 valence electrons. The topological polar surface area (TPSA) is 66.6 Å². The monoisotopic (exact) mass is 305 g/mol. The van der Waals surface area contributed by atoms with E-state index < -0.39 is 6.03 Å². The van der Waals surface area contributed by atoms with Gasteiger partial charge in [0.1, 0.15) is 0 Å². The third-order valence-electron chi connectivity index (χ3n) is 4.78. The number of nitrogens with two attached hydrogens (primary N) is 1. The van der Waals surface area contributed by atoms with Crippen LogP contribution in [0.4, 0.5) is 4.79 Å². The van der Waals surface area contributed by atoms with Gasteiger partial charge in [0.15, 0.2) is 0 Å². The first-order chi connectivity index (χ1) is 10.3. The SMILES string of the molecule is CC1C=C(C=CC(=O)N2CCN(C(N)=O)CC2)C(C)(C)CC1. The van der Waals surface area contributed by atoms with Gasteiger partial charge < -0.3 is 15.5 Å². The van der Waals surface area contributed by atoms with Crippen LogP contribution in [-0.4, -0.2) is 47.9 Å². The number of hydrogen-bond acceptors (Lipinski definition) is 2. The van der Waals surface area contributed by atoms with Gasteiger partial charge in [0.05, 0.1) is 0 Å². The summed E-state index contributed by atoms with van der Waals surface area (Å²) in [5.41, 5.74) is 6.63. The summed E-state index contributed by atoms with van der Waals surface area (Å²) < 4.78 is 0. The maximum Gasteiger partial charge on any atom is 0.314 e. The lowest BCUT2D eigenvalue weighted by Gasteiger charge is -2.34. The standard InChI is InChI=1S/C17H27N3O2/c1-13-6-7-17(2,3)14(12-13)4-5-15(21)19-8-10-20(11-9-19)16(18)22/h4-5,12-13H,6-11H2,1-3H3,(H2,18,22). The van der Waals surface area contributed by atoms with Crippen LogP contribution in [0.3, 0.4) is 0 Å². The number of amides is 3. The van der Waals surface area contributed by atoms with E-state index >= 15 is 0 Å². The van der Waals surface area contributed by atoms with E-state index in [0.29, 0.717) is 32.1 Å². The van der Waals surface area contributed by atoms with E-state index in [4.69, 9.17) is 5.73 Å². The first-order valence-corrected chi connectivity index (χ1v) is 8.03. The van der Waals surface area contributed by atoms with E-state index in [-0.39, 0.29) is 11.3 Å². The van der Waals surface area contributed by atoms with E-state index in [2.05, 4.69) is 26.8 Å². The van der Waals surface area contributed by atoms with Gasteiger partial charge in [-0.05, 0) is 29.7 Å². The Kier molecular flexibility index (Phi) is 4.94. The molecule has 2 rings (SSSR count). The minimum atomic E-state index is -0.411. The number of piperazine rings is 1. The van der Waals surface area contributed by atoms with Crippen LogP contribution in [0.15, 0.2) is 23.8 Å². The van der Waals surface area contributed by atoms with Crippen molar-refractivity contribution in [1.82, 2.24) is 9.80 Å². The highest BCUT2D eigenvalue weighted by atomic mass is 16.2. The van der Waals surface area contributed by atoms with Crippen LogP contribution in [0.2, 0.25) is 0 Å². The Morgan fingerprint density at radius 3 is 2.41 bits per heavy atom. The Labute approximate surface area is 132 Å². The molecule has 1 aliphatic heterocycles. The number of rotatable bonds is 2. The molecule has 0 spiro atoms. The summed E-state index contributed by atoms with van der Waals surface area (Å²) in [5, 5.41) is 0. The van der Waals surface area contributed by atoms with Gasteiger partial charge in [-0.1, -0.05) is 32.9 Å². The molecule has 1 unspecified atom stereocenters. The first kappa shape index (κ1) is 16.6. The molecule has 1 saturated heterocycles. The van der Waals surface area contributed by atoms with Gasteiger partial charge in [-0.25, -0.2) is 4.79 Å². The second kappa shape index (κ2) is 6.55. The van der Waals surface area contributed by atoms with Gasteiger partial charge in [0.25, 0.3) is 0 Å². The van der Waals surface area contributed by atoms with Gasteiger partial charge in [-0.3, -0.25) is 4.79 Å². The van der Waals surface area contributed by atoms with Crippen LogP contribution in [0.1, 0.15) is 33.6 Å². The van der Waals surface area contributed by atoms with Crippen molar-refractivity contribution in [3.8, 4) is 0 Å². The molecular weight excluding hydrogens is 278 g/mol. The highest BCUT2D eigenvalue weighted by Gasteiger charge is 2.27. The summed E-state index contributed by atoms with van der Waals surface area (Å²) in [7, 11) is 0. The van der Waals surface area contributed by atoms with Crippen LogP contribution in [-0.2, 0) is 4.79 Å². The van der Waals surface area contributed by atoms with Crippen molar-refractivity contribution >= 4 is 11.9 Å². The van der Waals surface area contributed by atoms with E-state index in [0.717, 1.165) is 6.42 Å². The fraction of sp³-hybridized carbons (Fsp3) is 0.647. The molecular formula is C17H27N3O2. The van der Waals surface area contributed by atoms with Crippen molar-refractivity contribution in [3.63, 3.8) is 0 Å². The minimum Gasteiger partial charge on any atom is -0.351 e. The average molecular weight is 305 g/mol. The van der Waals surface area contributed by atoms with E-state index in [1.165, 1.54) is 12.0 Å². The summed E-state index contributed by atoms with van der Waals surface area (Å²) in [6.45, 7) is 8.79. The third kappa shape index (κ3) is 3.90. The van der Waals surface area contributed by atoms with Crippen molar-refractivity contribution in [2.45, 2.75) is 33.6 Å². The summed E-state index contributed by atoms with van der Waals surface area (Å²) in [4.78, 5) is 26.7. The van der Waals surface area contributed by atoms with Crippen molar-refractivity contribution in [1.29, 1.82) is 0 Å². The molecule has 5 nitrogen and oxygen atoms in total. The van der Waals surface area contributed by atoms with Crippen LogP contribution >= 0.6 is 0 Å². The zero-order chi connectivity index (χ0) is 16.3. The smallest absolute Gasteiger partial charge is 0.314 e. The van der Waals surface area contributed by atoms with Crippen molar-refractivity contribution in [2.24, 2.45) is 17.1 Å². The lowest BCUT2D eigenvalue weighted by atomic mass is 9.73. The normalized spacial score (nSPS) is 25.2. The second-order valence-electron chi connectivity index (χ2n) is 7.01. The lowest BCUT2D eigenvalue weighted by Crippen LogP contribution is -2.51. The van der Waals surface area contributed by atoms with Crippen LogP contribution in [0.5, 0.6) is 0 Å². The first-order valence-electron chi connectivity index (χ1n) is 8.03. The van der Waals surface area contributed by atoms with E-state index in [1.54, 1.807) is 15.9 Å². The molecule has 0 radical (unpaired) electrons. The summed E-state index contributed by atoms with van der Waals surface area (Å²) in [6.07, 6.45) is 8.27. The molecule has 3 amide bonds. The van der Waals surface area contributed by atoms with Crippen molar-refractivity contribution in [2.75, 3.05) is 26.2 Å². The summed E-state index contributed by atoms with van der Waals surface area (Å²) in [5.74, 6) is 0.584. The minimum absolute atomic E-state index is 0.0130. The number of carbonyl (C=O) groups is 2. The van der Waals surface area contributed by atoms with Crippen LogP contribution < -0.4 is 5.73 Å². The molecule has 1 heterocycles. The van der Waals surface area contributed by atoms with Crippen molar-refractivity contribution < 1.29 is 9.59 Å². The maximum absolute atomic E-state index is 12.3. The highest BCUT2D eigenvalue weighted by Crippen LogP contribution is 2.39. The number of primary amides is 1. The molecule has 1 fully saturated rings. The summed E-state index contributed by atoms with van der Waals surface area (Å²) >= 11 is 0. The Morgan fingerprint density at radius 1 is 1.23 bits per heavy atom. The fourth-order valence-corrected chi connectivity index (χ4v) is 3.04. The molecule has 22 heavy (non-hydrogen) atoms. The maximum atomic E-state index is 12.3. The second-order valence-corrected chi connectivity index (χ2v) is 7.01. The number of nitrogens with zero attached hydrogens (tertiary/aromatic N) is 2. The highest BCUT2D eigenvalue weighted by molar-refractivity contribution is 5.88. The predicted octanol–water partition coefficient (Wildman–Crippen LogP) is 2.15. The lowest BCUT2D eigenvalue weighted by molar-refractivity contribution is -0.127. The molecule has 0 aromatic rings. The zero-order valence-corrected chi connectivity index (χ0v) is 13.8. The molecule has 0 saturated carbocycles. The van der Waals surface area contributed by atoms with Gasteiger partial charge in [-0.15, -0.1) is 0 Å². The third-order valence-corrected chi connectivity index (χ3v) is 4.78. The zero-order valence-electron chi connectivity index (χ0n) is 13.8. The molecule has 0 aromatic carbocycles. The summed E-state index contributed by atoms with van der Waals surface area (Å²) in [6, 6.07) is -0.411. The Hall–Kier alpha value is -1.78. The van der Waals surface area contributed by atoms with Gasteiger partial charge in [-0.2, -0.15) is 0 Å². The Morgan fingerprint density at radius 2 is 1.82 bits per heavy atom. The average Bonchev–Trinajstić information content (AvgIpc) is 2.48. The van der Waals surface area contributed by atoms with E-state index in [1.807, 2.05) is 6.08 Å². The molecule has 0 bridgehead atoms. The number of carbonyl (C=O) groups excluding carboxylic acids is 2. The number of urea groups is 1. The van der Waals surface area contributed by atoms with Gasteiger partial charge >= 0.3 is 6.03 Å². The Bertz CT molecular complexity index is 500. The van der Waals surface area contributed by atoms with Gasteiger partial charge in [0, 0.05) is 32.3 Å².